The first-order chi connectivity index (χ1) is 18.9. The van der Waals surface area contributed by atoms with Gasteiger partial charge in [0.15, 0.2) is 15.7 Å². The Morgan fingerprint density at radius 2 is 1.67 bits per heavy atom. The summed E-state index contributed by atoms with van der Waals surface area (Å²) in [5, 5.41) is 10.3. The molecule has 9 nitrogen and oxygen atoms in total. The third-order valence-corrected chi connectivity index (χ3v) is 9.96. The van der Waals surface area contributed by atoms with E-state index < -0.39 is 15.1 Å². The van der Waals surface area contributed by atoms with E-state index in [0.717, 1.165) is 11.4 Å². The van der Waals surface area contributed by atoms with E-state index in [2.05, 4.69) is 15.5 Å². The molecule has 0 bridgehead atoms. The van der Waals surface area contributed by atoms with E-state index in [1.807, 2.05) is 54.3 Å². The first-order valence-electron chi connectivity index (χ1n) is 13.4. The monoisotopic (exact) mass is 547 g/mol. The Bertz CT molecular complexity index is 1390. The molecule has 3 heterocycles. The standard InChI is InChI=1S/C29H33N5O4S/c1-2-26(21-7-4-3-5-8-21)29(36)33-17-14-25(15-18-33)39(37,38)24-12-10-23(11-13-24)31-28(35)22-19-34(20-22)27-9-6-16-30-32-27/h3-13,16,22,25-26H,2,14-15,17-20H2,1H3,(H,31,35)/t26-/m0/s1. The van der Waals surface area contributed by atoms with Crippen molar-refractivity contribution in [3.63, 3.8) is 0 Å². The Hall–Kier alpha value is -3.79. The lowest BCUT2D eigenvalue weighted by atomic mass is 9.94. The second-order valence-corrected chi connectivity index (χ2v) is 12.4. The van der Waals surface area contributed by atoms with E-state index in [9.17, 15) is 18.0 Å². The zero-order chi connectivity index (χ0) is 27.4. The fourth-order valence-corrected chi connectivity index (χ4v) is 7.04. The number of benzene rings is 2. The van der Waals surface area contributed by atoms with Crippen LogP contribution in [0.4, 0.5) is 11.5 Å². The summed E-state index contributed by atoms with van der Waals surface area (Å²) < 4.78 is 26.7. The fraction of sp³-hybridized carbons (Fsp3) is 0.379. The molecule has 3 aromatic rings. The number of hydrogen-bond donors (Lipinski definition) is 1. The minimum absolute atomic E-state index is 0.0610. The van der Waals surface area contributed by atoms with Gasteiger partial charge in [0, 0.05) is 38.1 Å². The molecule has 1 aromatic heterocycles. The summed E-state index contributed by atoms with van der Waals surface area (Å²) in [4.78, 5) is 29.8. The normalized spacial score (nSPS) is 17.4. The number of sulfone groups is 1. The van der Waals surface area contributed by atoms with E-state index in [1.54, 1.807) is 35.4 Å². The number of aromatic nitrogens is 2. The van der Waals surface area contributed by atoms with Gasteiger partial charge in [-0.25, -0.2) is 8.42 Å². The molecule has 39 heavy (non-hydrogen) atoms. The van der Waals surface area contributed by atoms with Gasteiger partial charge in [-0.3, -0.25) is 9.59 Å². The number of carbonyl (C=O) groups excluding carboxylic acids is 2. The Kier molecular flexibility index (Phi) is 7.92. The van der Waals surface area contributed by atoms with E-state index in [1.165, 1.54) is 0 Å². The molecule has 2 aliphatic heterocycles. The number of nitrogens with zero attached hydrogens (tertiary/aromatic N) is 4. The molecule has 204 valence electrons. The first kappa shape index (κ1) is 26.8. The summed E-state index contributed by atoms with van der Waals surface area (Å²) in [5.41, 5.74) is 1.55. The Morgan fingerprint density at radius 1 is 0.974 bits per heavy atom. The minimum Gasteiger partial charge on any atom is -0.353 e. The number of hydrogen-bond acceptors (Lipinski definition) is 7. The lowest BCUT2D eigenvalue weighted by Crippen LogP contribution is -2.52. The molecule has 0 aliphatic carbocycles. The number of anilines is 2. The van der Waals surface area contributed by atoms with Crippen LogP contribution in [-0.2, 0) is 19.4 Å². The fourth-order valence-electron chi connectivity index (χ4n) is 5.30. The highest BCUT2D eigenvalue weighted by Crippen LogP contribution is 2.29. The topological polar surface area (TPSA) is 113 Å². The van der Waals surface area contributed by atoms with Crippen LogP contribution in [-0.4, -0.2) is 66.8 Å². The second-order valence-electron chi connectivity index (χ2n) is 10.1. The van der Waals surface area contributed by atoms with Gasteiger partial charge in [0.2, 0.25) is 11.8 Å². The van der Waals surface area contributed by atoms with Gasteiger partial charge < -0.3 is 15.1 Å². The van der Waals surface area contributed by atoms with Gasteiger partial charge in [-0.05, 0) is 61.2 Å². The van der Waals surface area contributed by atoms with Gasteiger partial charge in [-0.1, -0.05) is 37.3 Å². The molecule has 0 unspecified atom stereocenters. The minimum atomic E-state index is -3.55. The number of nitrogens with one attached hydrogen (secondary N) is 1. The zero-order valence-electron chi connectivity index (χ0n) is 21.9. The van der Waals surface area contributed by atoms with Crippen molar-refractivity contribution in [2.45, 2.75) is 42.2 Å². The predicted octanol–water partition coefficient (Wildman–Crippen LogP) is 3.51. The van der Waals surface area contributed by atoms with Crippen molar-refractivity contribution in [1.82, 2.24) is 15.1 Å². The molecule has 2 amide bonds. The Balaban J connectivity index is 1.14. The van der Waals surface area contributed by atoms with Crippen LogP contribution in [0.5, 0.6) is 0 Å². The Labute approximate surface area is 229 Å². The molecule has 1 N–H and O–H groups in total. The van der Waals surface area contributed by atoms with Crippen LogP contribution in [0, 0.1) is 5.92 Å². The maximum absolute atomic E-state index is 13.3. The van der Waals surface area contributed by atoms with Crippen molar-refractivity contribution in [2.24, 2.45) is 5.92 Å². The first-order valence-corrected chi connectivity index (χ1v) is 14.9. The van der Waals surface area contributed by atoms with Crippen molar-refractivity contribution < 1.29 is 18.0 Å². The molecule has 5 rings (SSSR count). The van der Waals surface area contributed by atoms with Gasteiger partial charge in [0.1, 0.15) is 0 Å². The van der Waals surface area contributed by atoms with E-state index in [-0.39, 0.29) is 28.5 Å². The molecular formula is C29H33N5O4S. The Morgan fingerprint density at radius 3 is 2.28 bits per heavy atom. The third-order valence-electron chi connectivity index (χ3n) is 7.69. The lowest BCUT2D eigenvalue weighted by molar-refractivity contribution is -0.133. The molecule has 2 aromatic carbocycles. The molecule has 0 spiro atoms. The lowest BCUT2D eigenvalue weighted by Gasteiger charge is -2.38. The number of amides is 2. The summed E-state index contributed by atoms with van der Waals surface area (Å²) in [6, 6.07) is 19.8. The SMILES string of the molecule is CC[C@H](C(=O)N1CCC(S(=O)(=O)c2ccc(NC(=O)C3CN(c4cccnn4)C3)cc2)CC1)c1ccccc1. The molecule has 0 radical (unpaired) electrons. The van der Waals surface area contributed by atoms with Crippen molar-refractivity contribution >= 4 is 33.2 Å². The highest BCUT2D eigenvalue weighted by molar-refractivity contribution is 7.92. The van der Waals surface area contributed by atoms with Crippen LogP contribution in [0.25, 0.3) is 0 Å². The average Bonchev–Trinajstić information content (AvgIpc) is 2.94. The van der Waals surface area contributed by atoms with Gasteiger partial charge in [-0.15, -0.1) is 5.10 Å². The maximum Gasteiger partial charge on any atom is 0.231 e. The molecule has 2 aliphatic rings. The highest BCUT2D eigenvalue weighted by Gasteiger charge is 2.35. The van der Waals surface area contributed by atoms with Crippen molar-refractivity contribution in [1.29, 1.82) is 0 Å². The predicted molar refractivity (Wildman–Crippen MR) is 149 cm³/mol. The van der Waals surface area contributed by atoms with Gasteiger partial charge in [0.05, 0.1) is 22.0 Å². The summed E-state index contributed by atoms with van der Waals surface area (Å²) in [6.45, 7) is 3.96. The highest BCUT2D eigenvalue weighted by atomic mass is 32.2. The second kappa shape index (κ2) is 11.5. The maximum atomic E-state index is 13.3. The van der Waals surface area contributed by atoms with Crippen molar-refractivity contribution in [3.05, 3.63) is 78.5 Å². The smallest absolute Gasteiger partial charge is 0.231 e. The van der Waals surface area contributed by atoms with Gasteiger partial charge in [-0.2, -0.15) is 5.10 Å². The van der Waals surface area contributed by atoms with Crippen molar-refractivity contribution in [3.8, 4) is 0 Å². The number of carbonyl (C=O) groups is 2. The molecular weight excluding hydrogens is 514 g/mol. The number of piperidine rings is 1. The third kappa shape index (κ3) is 5.80. The van der Waals surface area contributed by atoms with Crippen LogP contribution in [0.3, 0.4) is 0 Å². The summed E-state index contributed by atoms with van der Waals surface area (Å²) in [5.74, 6) is 0.317. The number of rotatable bonds is 8. The molecule has 2 saturated heterocycles. The van der Waals surface area contributed by atoms with Crippen LogP contribution in [0.2, 0.25) is 0 Å². The zero-order valence-corrected chi connectivity index (χ0v) is 22.8. The van der Waals surface area contributed by atoms with Gasteiger partial charge >= 0.3 is 0 Å². The quantitative estimate of drug-likeness (QED) is 0.459. The number of likely N-dealkylation sites (tertiary alicyclic amines) is 1. The summed E-state index contributed by atoms with van der Waals surface area (Å²) in [6.07, 6.45) is 3.12. The van der Waals surface area contributed by atoms with Crippen LogP contribution < -0.4 is 10.2 Å². The summed E-state index contributed by atoms with van der Waals surface area (Å²) in [7, 11) is -3.55. The van der Waals surface area contributed by atoms with E-state index >= 15 is 0 Å². The van der Waals surface area contributed by atoms with E-state index in [4.69, 9.17) is 0 Å². The van der Waals surface area contributed by atoms with Crippen LogP contribution in [0.15, 0.2) is 77.8 Å². The van der Waals surface area contributed by atoms with Crippen LogP contribution >= 0.6 is 0 Å². The molecule has 0 saturated carbocycles. The molecule has 1 atom stereocenters. The van der Waals surface area contributed by atoms with Crippen LogP contribution in [0.1, 0.15) is 37.7 Å². The largest absolute Gasteiger partial charge is 0.353 e. The van der Waals surface area contributed by atoms with E-state index in [0.29, 0.717) is 51.1 Å². The average molecular weight is 548 g/mol. The van der Waals surface area contributed by atoms with Crippen molar-refractivity contribution in [2.75, 3.05) is 36.4 Å². The summed E-state index contributed by atoms with van der Waals surface area (Å²) >= 11 is 0. The molecule has 10 heteroatoms. The van der Waals surface area contributed by atoms with Gasteiger partial charge in [0.25, 0.3) is 0 Å². The molecule has 2 fully saturated rings.